The first kappa shape index (κ1) is 16.7. The molecule has 2 N–H and O–H groups in total. The van der Waals surface area contributed by atoms with E-state index in [-0.39, 0.29) is 24.8 Å². The Balaban J connectivity index is 2.34. The van der Waals surface area contributed by atoms with Gasteiger partial charge in [0.1, 0.15) is 6.04 Å². The van der Waals surface area contributed by atoms with E-state index >= 15 is 0 Å². The summed E-state index contributed by atoms with van der Waals surface area (Å²) in [5.74, 6) is 0.0519. The van der Waals surface area contributed by atoms with E-state index in [1.165, 1.54) is 0 Å². The van der Waals surface area contributed by atoms with Gasteiger partial charge in [0.15, 0.2) is 0 Å². The number of nitrogens with one attached hydrogen (secondary N) is 2. The summed E-state index contributed by atoms with van der Waals surface area (Å²) in [6.07, 6.45) is -2.05. The summed E-state index contributed by atoms with van der Waals surface area (Å²) >= 11 is 0. The van der Waals surface area contributed by atoms with Crippen LogP contribution in [0.15, 0.2) is 0 Å². The molecule has 0 spiro atoms. The molecule has 1 aliphatic rings. The Hall–Kier alpha value is -0.340. The minimum absolute atomic E-state index is 0.0519. The fourth-order valence-electron chi connectivity index (χ4n) is 2.23. The smallest absolute Gasteiger partial charge is 0.303 e. The highest BCUT2D eigenvalue weighted by molar-refractivity contribution is 7.89. The Morgan fingerprint density at radius 2 is 2.00 bits per heavy atom. The Kier molecular flexibility index (Phi) is 6.07. The maximum absolute atomic E-state index is 12.6. The molecule has 4 nitrogen and oxygen atoms in total. The number of hydrogen-bond acceptors (Lipinski definition) is 3. The minimum Gasteiger partial charge on any atom is -0.303 e. The van der Waals surface area contributed by atoms with Gasteiger partial charge in [0.2, 0.25) is 10.0 Å². The number of sulfonamides is 1. The van der Waals surface area contributed by atoms with Crippen LogP contribution in [-0.4, -0.2) is 39.0 Å². The zero-order valence-corrected chi connectivity index (χ0v) is 11.8. The molecular formula is C11H21F3N2O2S. The van der Waals surface area contributed by atoms with Crippen molar-refractivity contribution in [1.29, 1.82) is 0 Å². The van der Waals surface area contributed by atoms with Crippen molar-refractivity contribution in [3.63, 3.8) is 0 Å². The third-order valence-corrected chi connectivity index (χ3v) is 4.75. The van der Waals surface area contributed by atoms with Crippen LogP contribution in [0.3, 0.4) is 0 Å². The van der Waals surface area contributed by atoms with Crippen molar-refractivity contribution in [3.8, 4) is 0 Å². The maximum Gasteiger partial charge on any atom is 0.403 e. The predicted octanol–water partition coefficient (Wildman–Crippen LogP) is 1.78. The zero-order valence-electron chi connectivity index (χ0n) is 11.0. The zero-order chi connectivity index (χ0) is 14.5. The van der Waals surface area contributed by atoms with Crippen molar-refractivity contribution in [2.24, 2.45) is 0 Å². The lowest BCUT2D eigenvalue weighted by Gasteiger charge is -2.32. The second kappa shape index (κ2) is 6.90. The summed E-state index contributed by atoms with van der Waals surface area (Å²) < 4.78 is 62.8. The third kappa shape index (κ3) is 6.09. The van der Waals surface area contributed by atoms with Crippen molar-refractivity contribution < 1.29 is 21.6 Å². The molecule has 0 amide bonds. The molecule has 1 heterocycles. The topological polar surface area (TPSA) is 58.2 Å². The van der Waals surface area contributed by atoms with Crippen LogP contribution >= 0.6 is 0 Å². The van der Waals surface area contributed by atoms with Crippen LogP contribution in [0.4, 0.5) is 13.2 Å². The van der Waals surface area contributed by atoms with Gasteiger partial charge in [-0.2, -0.15) is 13.2 Å². The van der Waals surface area contributed by atoms with Gasteiger partial charge in [-0.3, -0.25) is 0 Å². The van der Waals surface area contributed by atoms with Gasteiger partial charge in [0, 0.05) is 12.6 Å². The lowest BCUT2D eigenvalue weighted by Crippen LogP contribution is -2.51. The Bertz CT molecular complexity index is 371. The van der Waals surface area contributed by atoms with Gasteiger partial charge in [0.05, 0.1) is 5.75 Å². The van der Waals surface area contributed by atoms with Crippen LogP contribution in [0, 0.1) is 0 Å². The highest BCUT2D eigenvalue weighted by Gasteiger charge is 2.41. The van der Waals surface area contributed by atoms with Crippen LogP contribution in [-0.2, 0) is 10.0 Å². The first-order valence-corrected chi connectivity index (χ1v) is 8.20. The van der Waals surface area contributed by atoms with Crippen LogP contribution in [0.25, 0.3) is 0 Å². The molecule has 0 aromatic heterocycles. The monoisotopic (exact) mass is 302 g/mol. The first-order chi connectivity index (χ1) is 8.74. The highest BCUT2D eigenvalue weighted by atomic mass is 32.2. The molecule has 0 aliphatic carbocycles. The van der Waals surface area contributed by atoms with Gasteiger partial charge in [-0.05, 0) is 25.7 Å². The molecule has 1 rings (SSSR count). The highest BCUT2D eigenvalue weighted by Crippen LogP contribution is 2.28. The SMILES string of the molecule is CCCS(=O)(=O)NCCC1CCCC(C(F)(F)F)N1. The van der Waals surface area contributed by atoms with E-state index in [4.69, 9.17) is 0 Å². The lowest BCUT2D eigenvalue weighted by atomic mass is 9.96. The average Bonchev–Trinajstić information content (AvgIpc) is 2.28. The van der Waals surface area contributed by atoms with Gasteiger partial charge in [-0.1, -0.05) is 13.3 Å². The van der Waals surface area contributed by atoms with Gasteiger partial charge in [0.25, 0.3) is 0 Å². The standard InChI is InChI=1S/C11H21F3N2O2S/c1-2-8-19(17,18)15-7-6-9-4-3-5-10(16-9)11(12,13)14/h9-10,15-16H,2-8H2,1H3. The molecule has 0 radical (unpaired) electrons. The molecule has 0 bridgehead atoms. The first-order valence-electron chi connectivity index (χ1n) is 6.54. The van der Waals surface area contributed by atoms with Gasteiger partial charge >= 0.3 is 6.18 Å². The van der Waals surface area contributed by atoms with E-state index in [2.05, 4.69) is 10.0 Å². The largest absolute Gasteiger partial charge is 0.403 e. The molecule has 114 valence electrons. The van der Waals surface area contributed by atoms with Crippen molar-refractivity contribution >= 4 is 10.0 Å². The van der Waals surface area contributed by atoms with Crippen LogP contribution < -0.4 is 10.0 Å². The second-order valence-electron chi connectivity index (χ2n) is 4.89. The number of piperidine rings is 1. The van der Waals surface area contributed by atoms with Crippen LogP contribution in [0.1, 0.15) is 39.0 Å². The van der Waals surface area contributed by atoms with Gasteiger partial charge in [-0.15, -0.1) is 0 Å². The molecule has 0 saturated carbocycles. The van der Waals surface area contributed by atoms with E-state index in [9.17, 15) is 21.6 Å². The Labute approximate surface area is 112 Å². The molecule has 8 heteroatoms. The Morgan fingerprint density at radius 1 is 1.32 bits per heavy atom. The van der Waals surface area contributed by atoms with Crippen molar-refractivity contribution in [2.45, 2.75) is 57.3 Å². The summed E-state index contributed by atoms with van der Waals surface area (Å²) in [4.78, 5) is 0. The molecule has 2 atom stereocenters. The van der Waals surface area contributed by atoms with E-state index in [0.29, 0.717) is 25.7 Å². The molecule has 19 heavy (non-hydrogen) atoms. The van der Waals surface area contributed by atoms with Gasteiger partial charge in [-0.25, -0.2) is 13.1 Å². The number of halogens is 3. The molecule has 0 aromatic carbocycles. The van der Waals surface area contributed by atoms with E-state index in [1.54, 1.807) is 6.92 Å². The predicted molar refractivity (Wildman–Crippen MR) is 67.3 cm³/mol. The van der Waals surface area contributed by atoms with Crippen LogP contribution in [0.5, 0.6) is 0 Å². The summed E-state index contributed by atoms with van der Waals surface area (Å²) in [7, 11) is -3.27. The molecular weight excluding hydrogens is 281 g/mol. The number of alkyl halides is 3. The summed E-state index contributed by atoms with van der Waals surface area (Å²) in [6.45, 7) is 1.94. The summed E-state index contributed by atoms with van der Waals surface area (Å²) in [5, 5.41) is 2.55. The van der Waals surface area contributed by atoms with Crippen molar-refractivity contribution in [1.82, 2.24) is 10.0 Å². The van der Waals surface area contributed by atoms with E-state index in [0.717, 1.165) is 0 Å². The normalized spacial score (nSPS) is 25.5. The molecule has 1 aliphatic heterocycles. The quantitative estimate of drug-likeness (QED) is 0.786. The fraction of sp³-hybridized carbons (Fsp3) is 1.00. The number of rotatable bonds is 6. The Morgan fingerprint density at radius 3 is 2.58 bits per heavy atom. The summed E-state index contributed by atoms with van der Waals surface area (Å²) in [5.41, 5.74) is 0. The molecule has 0 aromatic rings. The fourth-order valence-corrected chi connectivity index (χ4v) is 3.35. The summed E-state index contributed by atoms with van der Waals surface area (Å²) in [6, 6.07) is -1.73. The van der Waals surface area contributed by atoms with E-state index in [1.807, 2.05) is 0 Å². The second-order valence-corrected chi connectivity index (χ2v) is 6.82. The van der Waals surface area contributed by atoms with Gasteiger partial charge < -0.3 is 5.32 Å². The number of hydrogen-bond donors (Lipinski definition) is 2. The maximum atomic E-state index is 12.6. The van der Waals surface area contributed by atoms with E-state index < -0.39 is 22.2 Å². The molecule has 2 unspecified atom stereocenters. The lowest BCUT2D eigenvalue weighted by molar-refractivity contribution is -0.163. The minimum atomic E-state index is -4.22. The van der Waals surface area contributed by atoms with Crippen LogP contribution in [0.2, 0.25) is 0 Å². The molecule has 1 fully saturated rings. The molecule has 1 saturated heterocycles. The third-order valence-electron chi connectivity index (χ3n) is 3.17. The van der Waals surface area contributed by atoms with Crippen molar-refractivity contribution in [2.75, 3.05) is 12.3 Å². The van der Waals surface area contributed by atoms with Crippen molar-refractivity contribution in [3.05, 3.63) is 0 Å². The average molecular weight is 302 g/mol.